The van der Waals surface area contributed by atoms with Crippen molar-refractivity contribution in [2.24, 2.45) is 5.73 Å². The fraction of sp³-hybridized carbons (Fsp3) is 0.600. The second-order valence-corrected chi connectivity index (χ2v) is 5.54. The van der Waals surface area contributed by atoms with E-state index in [4.69, 9.17) is 10.5 Å². The number of benzene rings is 1. The maximum atomic E-state index is 6.32. The molecule has 1 saturated heterocycles. The van der Waals surface area contributed by atoms with Crippen LogP contribution in [0.3, 0.4) is 0 Å². The van der Waals surface area contributed by atoms with Crippen LogP contribution in [0.4, 0.5) is 0 Å². The van der Waals surface area contributed by atoms with Gasteiger partial charge in [0.1, 0.15) is 0 Å². The highest BCUT2D eigenvalue weighted by Crippen LogP contribution is 2.40. The Morgan fingerprint density at radius 3 is 2.89 bits per heavy atom. The molecule has 3 nitrogen and oxygen atoms in total. The Kier molecular flexibility index (Phi) is 3.37. The normalized spacial score (nSPS) is 28.8. The lowest BCUT2D eigenvalue weighted by Crippen LogP contribution is -2.33. The van der Waals surface area contributed by atoms with Crippen LogP contribution in [0.5, 0.6) is 0 Å². The summed E-state index contributed by atoms with van der Waals surface area (Å²) in [7, 11) is 1.74. The molecule has 1 heterocycles. The SMILES string of the molecule is COCc1cccc(C2C(N)CCN2C2CC2)c1. The van der Waals surface area contributed by atoms with Crippen molar-refractivity contribution in [1.29, 1.82) is 0 Å². The highest BCUT2D eigenvalue weighted by atomic mass is 16.5. The standard InChI is InChI=1S/C15H22N2O/c1-18-10-11-3-2-4-12(9-11)15-14(16)7-8-17(15)13-5-6-13/h2-4,9,13-15H,5-8,10,16H2,1H3. The molecular formula is C15H22N2O. The molecule has 1 aromatic rings. The Labute approximate surface area is 109 Å². The van der Waals surface area contributed by atoms with Crippen molar-refractivity contribution in [3.63, 3.8) is 0 Å². The van der Waals surface area contributed by atoms with E-state index in [0.29, 0.717) is 12.6 Å². The molecule has 2 aliphatic rings. The third-order valence-corrected chi connectivity index (χ3v) is 4.10. The number of nitrogens with zero attached hydrogens (tertiary/aromatic N) is 1. The van der Waals surface area contributed by atoms with Gasteiger partial charge in [0.15, 0.2) is 0 Å². The molecule has 1 aliphatic heterocycles. The predicted octanol–water partition coefficient (Wildman–Crippen LogP) is 2.07. The van der Waals surface area contributed by atoms with Crippen LogP contribution in [0.15, 0.2) is 24.3 Å². The minimum Gasteiger partial charge on any atom is -0.380 e. The maximum absolute atomic E-state index is 6.32. The maximum Gasteiger partial charge on any atom is 0.0713 e. The lowest BCUT2D eigenvalue weighted by molar-refractivity contribution is 0.184. The zero-order valence-electron chi connectivity index (χ0n) is 11.0. The van der Waals surface area contributed by atoms with Crippen LogP contribution >= 0.6 is 0 Å². The van der Waals surface area contributed by atoms with Crippen molar-refractivity contribution in [3.8, 4) is 0 Å². The van der Waals surface area contributed by atoms with Gasteiger partial charge in [0, 0.05) is 25.7 Å². The molecule has 2 unspecified atom stereocenters. The minimum absolute atomic E-state index is 0.281. The average Bonchev–Trinajstić information content (AvgIpc) is 3.14. The molecule has 0 aromatic heterocycles. The van der Waals surface area contributed by atoms with E-state index >= 15 is 0 Å². The lowest BCUT2D eigenvalue weighted by atomic mass is 9.99. The van der Waals surface area contributed by atoms with E-state index in [1.165, 1.54) is 24.0 Å². The number of ether oxygens (including phenoxy) is 1. The van der Waals surface area contributed by atoms with E-state index in [0.717, 1.165) is 19.0 Å². The largest absolute Gasteiger partial charge is 0.380 e. The van der Waals surface area contributed by atoms with Gasteiger partial charge in [0.2, 0.25) is 0 Å². The van der Waals surface area contributed by atoms with Gasteiger partial charge in [-0.1, -0.05) is 24.3 Å². The van der Waals surface area contributed by atoms with Crippen LogP contribution in [-0.2, 0) is 11.3 Å². The first kappa shape index (κ1) is 12.2. The quantitative estimate of drug-likeness (QED) is 0.884. The minimum atomic E-state index is 0.281. The summed E-state index contributed by atoms with van der Waals surface area (Å²) in [6, 6.07) is 10.2. The summed E-state index contributed by atoms with van der Waals surface area (Å²) in [6.07, 6.45) is 3.82. The topological polar surface area (TPSA) is 38.5 Å². The van der Waals surface area contributed by atoms with Crippen LogP contribution in [0, 0.1) is 0 Å². The van der Waals surface area contributed by atoms with Crippen LogP contribution in [-0.4, -0.2) is 30.6 Å². The van der Waals surface area contributed by atoms with Crippen molar-refractivity contribution in [2.45, 2.75) is 44.0 Å². The Morgan fingerprint density at radius 2 is 2.17 bits per heavy atom. The number of hydrogen-bond acceptors (Lipinski definition) is 3. The summed E-state index contributed by atoms with van der Waals surface area (Å²) in [5, 5.41) is 0. The molecule has 18 heavy (non-hydrogen) atoms. The van der Waals surface area contributed by atoms with Crippen LogP contribution in [0.2, 0.25) is 0 Å². The molecule has 2 N–H and O–H groups in total. The van der Waals surface area contributed by atoms with Gasteiger partial charge in [-0.2, -0.15) is 0 Å². The Hall–Kier alpha value is -0.900. The monoisotopic (exact) mass is 246 g/mol. The number of methoxy groups -OCH3 is 1. The molecule has 0 spiro atoms. The van der Waals surface area contributed by atoms with Gasteiger partial charge in [0.25, 0.3) is 0 Å². The fourth-order valence-electron chi connectivity index (χ4n) is 3.13. The third-order valence-electron chi connectivity index (χ3n) is 4.10. The van der Waals surface area contributed by atoms with Crippen LogP contribution < -0.4 is 5.73 Å². The fourth-order valence-corrected chi connectivity index (χ4v) is 3.13. The molecule has 1 aromatic carbocycles. The molecule has 1 saturated carbocycles. The number of hydrogen-bond donors (Lipinski definition) is 1. The van der Waals surface area contributed by atoms with Crippen molar-refractivity contribution in [1.82, 2.24) is 4.90 Å². The Bertz CT molecular complexity index is 417. The van der Waals surface area contributed by atoms with Crippen molar-refractivity contribution < 1.29 is 4.74 Å². The summed E-state index contributed by atoms with van der Waals surface area (Å²) in [5.41, 5.74) is 8.92. The average molecular weight is 246 g/mol. The van der Waals surface area contributed by atoms with Crippen LogP contribution in [0.1, 0.15) is 36.4 Å². The summed E-state index contributed by atoms with van der Waals surface area (Å²) >= 11 is 0. The summed E-state index contributed by atoms with van der Waals surface area (Å²) < 4.78 is 5.21. The van der Waals surface area contributed by atoms with Gasteiger partial charge in [-0.05, 0) is 30.4 Å². The smallest absolute Gasteiger partial charge is 0.0713 e. The van der Waals surface area contributed by atoms with E-state index in [-0.39, 0.29) is 6.04 Å². The number of nitrogens with two attached hydrogens (primary N) is 1. The Morgan fingerprint density at radius 1 is 1.33 bits per heavy atom. The van der Waals surface area contributed by atoms with E-state index < -0.39 is 0 Å². The highest BCUT2D eigenvalue weighted by Gasteiger charge is 2.41. The molecule has 0 radical (unpaired) electrons. The van der Waals surface area contributed by atoms with Gasteiger partial charge >= 0.3 is 0 Å². The molecule has 2 fully saturated rings. The van der Waals surface area contributed by atoms with Crippen molar-refractivity contribution in [2.75, 3.05) is 13.7 Å². The Balaban J connectivity index is 1.84. The van der Waals surface area contributed by atoms with Gasteiger partial charge in [0.05, 0.1) is 12.6 Å². The number of likely N-dealkylation sites (tertiary alicyclic amines) is 1. The van der Waals surface area contributed by atoms with Crippen molar-refractivity contribution >= 4 is 0 Å². The first-order valence-corrected chi connectivity index (χ1v) is 6.88. The summed E-state index contributed by atoms with van der Waals surface area (Å²) in [6.45, 7) is 1.84. The molecular weight excluding hydrogens is 224 g/mol. The van der Waals surface area contributed by atoms with Gasteiger partial charge in [-0.25, -0.2) is 0 Å². The summed E-state index contributed by atoms with van der Waals surface area (Å²) in [5.74, 6) is 0. The van der Waals surface area contributed by atoms with Crippen LogP contribution in [0.25, 0.3) is 0 Å². The highest BCUT2D eigenvalue weighted by molar-refractivity contribution is 5.28. The first-order valence-electron chi connectivity index (χ1n) is 6.88. The molecule has 1 aliphatic carbocycles. The van der Waals surface area contributed by atoms with E-state index in [1.807, 2.05) is 0 Å². The third kappa shape index (κ3) is 2.30. The zero-order valence-corrected chi connectivity index (χ0v) is 11.0. The van der Waals surface area contributed by atoms with Gasteiger partial charge < -0.3 is 10.5 Å². The van der Waals surface area contributed by atoms with Crippen molar-refractivity contribution in [3.05, 3.63) is 35.4 Å². The van der Waals surface area contributed by atoms with Gasteiger partial charge in [-0.15, -0.1) is 0 Å². The second-order valence-electron chi connectivity index (χ2n) is 5.54. The molecule has 0 amide bonds. The molecule has 2 atom stereocenters. The zero-order chi connectivity index (χ0) is 12.5. The molecule has 0 bridgehead atoms. The van der Waals surface area contributed by atoms with E-state index in [1.54, 1.807) is 7.11 Å². The van der Waals surface area contributed by atoms with Gasteiger partial charge in [-0.3, -0.25) is 4.90 Å². The first-order chi connectivity index (χ1) is 8.79. The predicted molar refractivity (Wildman–Crippen MR) is 72.2 cm³/mol. The molecule has 3 heteroatoms. The molecule has 98 valence electrons. The molecule has 3 rings (SSSR count). The summed E-state index contributed by atoms with van der Waals surface area (Å²) in [4.78, 5) is 2.61. The van der Waals surface area contributed by atoms with E-state index in [2.05, 4.69) is 29.2 Å². The van der Waals surface area contributed by atoms with E-state index in [9.17, 15) is 0 Å². The number of rotatable bonds is 4. The lowest BCUT2D eigenvalue weighted by Gasteiger charge is -2.27. The second kappa shape index (κ2) is 5.00.